The van der Waals surface area contributed by atoms with Gasteiger partial charge in [-0.15, -0.1) is 18.2 Å². The van der Waals surface area contributed by atoms with Gasteiger partial charge >= 0.3 is 145 Å². The summed E-state index contributed by atoms with van der Waals surface area (Å²) < 4.78 is 47.7. The standard InChI is InChI=1S/C42H32NO.C20H28GeN.Ir/c1-42(2,3)29-25-34(27-15-6-4-7-16-27)38(35(26-29)28-17-8-5-9-18-28)39-32-20-10-12-23-36(32)43-40(39)33-22-14-21-31-30-19-11-13-24-37(30)44-41(31)33;1-15-8-10-16(11-9-15)19-12-17(13-20(2,3)4)18(14-22-19)21(5,6)7;/h4-21,23-26,39H,1-3H3;8-10,12,14H,13H2,1-7H3;/q2*-1;/i;1D3,13D2;. The number of hydrogen-bond acceptors (Lipinski definition) is 3. The predicted molar refractivity (Wildman–Crippen MR) is 282 cm³/mol. The van der Waals surface area contributed by atoms with Crippen molar-refractivity contribution >= 4 is 51.0 Å². The molecule has 3 nitrogen and oxygen atoms in total. The average molecular weight is 1120 g/mol. The van der Waals surface area contributed by atoms with Crippen molar-refractivity contribution in [2.75, 3.05) is 0 Å². The first-order chi connectivity index (χ1) is 33.5. The molecule has 0 fully saturated rings. The molecule has 1 radical (unpaired) electrons. The Morgan fingerprint density at radius 3 is 1.97 bits per heavy atom. The minimum Gasteiger partial charge on any atom is 0 e. The van der Waals surface area contributed by atoms with Gasteiger partial charge in [0, 0.05) is 31.4 Å². The van der Waals surface area contributed by atoms with Crippen LogP contribution >= 0.6 is 0 Å². The van der Waals surface area contributed by atoms with Crippen molar-refractivity contribution in [1.29, 1.82) is 0 Å². The number of fused-ring (bicyclic) bond motifs is 4. The van der Waals surface area contributed by atoms with Crippen LogP contribution in [0.25, 0.3) is 55.4 Å². The van der Waals surface area contributed by atoms with Crippen molar-refractivity contribution in [2.24, 2.45) is 10.4 Å². The van der Waals surface area contributed by atoms with Crippen LogP contribution in [0.2, 0.25) is 17.3 Å². The molecule has 5 heteroatoms. The van der Waals surface area contributed by atoms with Crippen LogP contribution in [0, 0.1) is 24.4 Å². The van der Waals surface area contributed by atoms with E-state index in [4.69, 9.17) is 16.3 Å². The third kappa shape index (κ3) is 10.1. The molecule has 0 aliphatic carbocycles. The van der Waals surface area contributed by atoms with Crippen LogP contribution in [0.5, 0.6) is 0 Å². The molecule has 339 valence electrons. The second kappa shape index (κ2) is 19.2. The van der Waals surface area contributed by atoms with E-state index in [9.17, 15) is 0 Å². The van der Waals surface area contributed by atoms with Crippen molar-refractivity contribution in [3.05, 3.63) is 209 Å². The molecule has 1 aliphatic rings. The van der Waals surface area contributed by atoms with Gasteiger partial charge in [-0.3, -0.25) is 4.99 Å². The monoisotopic (exact) mass is 1120 g/mol. The Morgan fingerprint density at radius 2 is 1.36 bits per heavy atom. The van der Waals surface area contributed by atoms with E-state index < -0.39 is 31.9 Å². The molecule has 10 rings (SSSR count). The molecule has 9 aromatic rings. The van der Waals surface area contributed by atoms with E-state index in [1.54, 1.807) is 12.1 Å². The van der Waals surface area contributed by atoms with E-state index in [2.05, 4.69) is 170 Å². The first-order valence-corrected chi connectivity index (χ1v) is 30.2. The maximum absolute atomic E-state index is 8.80. The number of furan rings is 1. The van der Waals surface area contributed by atoms with Gasteiger partial charge in [0.2, 0.25) is 0 Å². The zero-order chi connectivity index (χ0) is 50.7. The molecule has 1 unspecified atom stereocenters. The molecule has 1 aliphatic heterocycles. The van der Waals surface area contributed by atoms with Crippen LogP contribution in [-0.4, -0.2) is 24.0 Å². The summed E-state index contributed by atoms with van der Waals surface area (Å²) in [5.41, 5.74) is 14.8. The Bertz CT molecular complexity index is 3380. The molecular weight excluding hydrogens is 1050 g/mol. The zero-order valence-corrected chi connectivity index (χ0v) is 44.3. The van der Waals surface area contributed by atoms with Crippen LogP contribution in [0.1, 0.15) is 87.7 Å². The number of rotatable bonds is 7. The minimum absolute atomic E-state index is 0. The van der Waals surface area contributed by atoms with Crippen molar-refractivity contribution in [1.82, 2.24) is 4.98 Å². The molecule has 0 bridgehead atoms. The summed E-state index contributed by atoms with van der Waals surface area (Å²) in [5, 5.41) is 2.19. The topological polar surface area (TPSA) is 38.4 Å². The fourth-order valence-electron chi connectivity index (χ4n) is 8.95. The number of aryl methyl sites for hydroxylation is 1. The number of nitrogens with zero attached hydrogens (tertiary/aromatic N) is 2. The molecule has 0 amide bonds. The summed E-state index contributed by atoms with van der Waals surface area (Å²) >= 11 is -2.36. The van der Waals surface area contributed by atoms with E-state index in [-0.39, 0.29) is 37.0 Å². The first kappa shape index (κ1) is 41.5. The Balaban J connectivity index is 0.000000214. The maximum atomic E-state index is 8.80. The van der Waals surface area contributed by atoms with Gasteiger partial charge in [0.25, 0.3) is 0 Å². The summed E-state index contributed by atoms with van der Waals surface area (Å²) in [6, 6.07) is 60.5. The van der Waals surface area contributed by atoms with E-state index in [1.165, 1.54) is 45.0 Å². The normalized spacial score (nSPS) is 15.2. The van der Waals surface area contributed by atoms with E-state index in [0.29, 0.717) is 16.8 Å². The van der Waals surface area contributed by atoms with Crippen molar-refractivity contribution in [2.45, 2.75) is 83.4 Å². The van der Waals surface area contributed by atoms with Gasteiger partial charge < -0.3 is 4.42 Å². The number of aliphatic imine (C=N–C) groups is 1. The fourth-order valence-corrected chi connectivity index (χ4v) is 11.9. The quantitative estimate of drug-likeness (QED) is 0.118. The summed E-state index contributed by atoms with van der Waals surface area (Å²) in [7, 11) is 0. The van der Waals surface area contributed by atoms with Gasteiger partial charge in [0.1, 0.15) is 5.58 Å². The van der Waals surface area contributed by atoms with Gasteiger partial charge in [-0.2, -0.15) is 0 Å². The van der Waals surface area contributed by atoms with Crippen LogP contribution in [-0.2, 0) is 31.9 Å². The Labute approximate surface area is 421 Å². The Hall–Kier alpha value is -5.65. The fraction of sp³-hybridized carbons (Fsp3) is 0.226. The Kier molecular flexibility index (Phi) is 11.9. The number of pyridine rings is 1. The molecule has 67 heavy (non-hydrogen) atoms. The van der Waals surface area contributed by atoms with Gasteiger partial charge in [-0.1, -0.05) is 141 Å². The number of aromatic nitrogens is 1. The summed E-state index contributed by atoms with van der Waals surface area (Å²) in [6.07, 6.45) is 0.303. The van der Waals surface area contributed by atoms with Gasteiger partial charge in [0.05, 0.1) is 11.3 Å². The zero-order valence-electron chi connectivity index (χ0n) is 44.8. The SMILES string of the molecule is CC(C)(C)c1cc(-c2ccccc2)c(C2C(c3[c-]ccc4c3oc3ccccc34)=Nc3ccccc32)c(-c2ccccc2)c1.[2H]C([2H])([2H])c1c[c-]c(-c2cc(C([2H])([2H])C(C)(C)C)[c]([Ge]([CH3])([CH3])[CH3])cn2)cc1.[Ir]. The summed E-state index contributed by atoms with van der Waals surface area (Å²) in [6.45, 7) is 10.4. The van der Waals surface area contributed by atoms with E-state index >= 15 is 0 Å². The molecule has 2 aromatic heterocycles. The molecule has 7 aromatic carbocycles. The molecule has 0 spiro atoms. The van der Waals surface area contributed by atoms with Crippen LogP contribution in [0.3, 0.4) is 0 Å². The molecular formula is C62H60GeIrN2O-2. The second-order valence-corrected chi connectivity index (χ2v) is 31.0. The van der Waals surface area contributed by atoms with Crippen LogP contribution < -0.4 is 4.40 Å². The minimum atomic E-state index is -2.36. The van der Waals surface area contributed by atoms with E-state index in [1.807, 2.05) is 51.2 Å². The Morgan fingerprint density at radius 1 is 0.716 bits per heavy atom. The smallest absolute Gasteiger partial charge is 0 e. The molecule has 0 saturated heterocycles. The predicted octanol–water partition coefficient (Wildman–Crippen LogP) is 16.3. The molecule has 3 heterocycles. The largest absolute Gasteiger partial charge is 0 e. The van der Waals surface area contributed by atoms with Crippen molar-refractivity contribution in [3.8, 4) is 33.5 Å². The number of hydrogen-bond donors (Lipinski definition) is 0. The third-order valence-corrected chi connectivity index (χ3v) is 16.4. The maximum Gasteiger partial charge on any atom is 0 e. The number of para-hydroxylation sites is 2. The third-order valence-electron chi connectivity index (χ3n) is 12.2. The van der Waals surface area contributed by atoms with Gasteiger partial charge in [-0.05, 0) is 62.2 Å². The average Bonchev–Trinajstić information content (AvgIpc) is 3.92. The van der Waals surface area contributed by atoms with Gasteiger partial charge in [-0.25, -0.2) is 0 Å². The van der Waals surface area contributed by atoms with Crippen molar-refractivity contribution < 1.29 is 31.4 Å². The second-order valence-electron chi connectivity index (χ2n) is 20.4. The number of benzene rings is 7. The van der Waals surface area contributed by atoms with Crippen molar-refractivity contribution in [3.63, 3.8) is 0 Å². The van der Waals surface area contributed by atoms with Crippen LogP contribution in [0.4, 0.5) is 5.69 Å². The summed E-state index contributed by atoms with van der Waals surface area (Å²) in [5.74, 6) is 6.57. The molecule has 1 atom stereocenters. The van der Waals surface area contributed by atoms with Crippen LogP contribution in [0.15, 0.2) is 173 Å². The summed E-state index contributed by atoms with van der Waals surface area (Å²) in [4.78, 5) is 9.94. The first-order valence-electron chi connectivity index (χ1n) is 25.3. The molecule has 0 saturated carbocycles. The molecule has 0 N–H and O–H groups in total. The van der Waals surface area contributed by atoms with Gasteiger partial charge in [0.15, 0.2) is 0 Å². The van der Waals surface area contributed by atoms with E-state index in [0.717, 1.165) is 43.3 Å².